The molecule has 0 saturated heterocycles. The molecule has 0 amide bonds. The van der Waals surface area contributed by atoms with E-state index in [4.69, 9.17) is 5.73 Å². The van der Waals surface area contributed by atoms with E-state index in [1.807, 2.05) is 0 Å². The first-order valence-electron chi connectivity index (χ1n) is 5.99. The molecule has 1 atom stereocenters. The molecule has 2 nitrogen and oxygen atoms in total. The number of nitrogens with zero attached hydrogens (tertiary/aromatic N) is 1. The fourth-order valence-electron chi connectivity index (χ4n) is 2.79. The summed E-state index contributed by atoms with van der Waals surface area (Å²) in [5, 5.41) is 0. The zero-order valence-corrected chi connectivity index (χ0v) is 10.1. The van der Waals surface area contributed by atoms with Crippen molar-refractivity contribution < 1.29 is 0 Å². The maximum absolute atomic E-state index is 6.37. The minimum Gasteiger partial charge on any atom is -0.352 e. The van der Waals surface area contributed by atoms with Crippen molar-refractivity contribution >= 4 is 0 Å². The lowest BCUT2D eigenvalue weighted by atomic mass is 9.92. The van der Waals surface area contributed by atoms with E-state index in [2.05, 4.69) is 31.5 Å². The van der Waals surface area contributed by atoms with Gasteiger partial charge in [0.25, 0.3) is 0 Å². The third-order valence-corrected chi connectivity index (χ3v) is 4.08. The molecule has 1 aliphatic carbocycles. The molecule has 1 heterocycles. The first-order chi connectivity index (χ1) is 7.11. The van der Waals surface area contributed by atoms with Crippen molar-refractivity contribution in [3.63, 3.8) is 0 Å². The van der Waals surface area contributed by atoms with Crippen LogP contribution < -0.4 is 5.73 Å². The first-order valence-corrected chi connectivity index (χ1v) is 5.99. The van der Waals surface area contributed by atoms with Crippen LogP contribution in [0.5, 0.6) is 0 Å². The topological polar surface area (TPSA) is 30.9 Å². The maximum Gasteiger partial charge on any atom is 0.0341 e. The minimum atomic E-state index is 0.257. The SMILES string of the molecule is Cc1cc(C(N)C2CCCC2)c(C)n1C. The highest BCUT2D eigenvalue weighted by Gasteiger charge is 2.25. The lowest BCUT2D eigenvalue weighted by molar-refractivity contribution is 0.443. The summed E-state index contributed by atoms with van der Waals surface area (Å²) in [5.74, 6) is 0.713. The maximum atomic E-state index is 6.37. The second-order valence-electron chi connectivity index (χ2n) is 4.96. The van der Waals surface area contributed by atoms with Crippen molar-refractivity contribution in [2.45, 2.75) is 45.6 Å². The number of hydrogen-bond donors (Lipinski definition) is 1. The predicted molar refractivity (Wildman–Crippen MR) is 63.8 cm³/mol. The molecule has 0 aliphatic heterocycles. The van der Waals surface area contributed by atoms with E-state index in [0.29, 0.717) is 5.92 Å². The average molecular weight is 206 g/mol. The van der Waals surface area contributed by atoms with Crippen LogP contribution in [0.1, 0.15) is 48.7 Å². The lowest BCUT2D eigenvalue weighted by Crippen LogP contribution is -2.19. The highest BCUT2D eigenvalue weighted by Crippen LogP contribution is 2.35. The summed E-state index contributed by atoms with van der Waals surface area (Å²) in [7, 11) is 2.12. The second-order valence-corrected chi connectivity index (χ2v) is 4.96. The molecule has 1 aromatic heterocycles. The van der Waals surface area contributed by atoms with Gasteiger partial charge in [0, 0.05) is 24.5 Å². The molecule has 0 bridgehead atoms. The van der Waals surface area contributed by atoms with Gasteiger partial charge in [-0.3, -0.25) is 0 Å². The number of hydrogen-bond acceptors (Lipinski definition) is 1. The van der Waals surface area contributed by atoms with E-state index in [1.165, 1.54) is 42.6 Å². The summed E-state index contributed by atoms with van der Waals surface area (Å²) < 4.78 is 2.24. The van der Waals surface area contributed by atoms with E-state index < -0.39 is 0 Å². The van der Waals surface area contributed by atoms with E-state index in [-0.39, 0.29) is 6.04 Å². The van der Waals surface area contributed by atoms with E-state index >= 15 is 0 Å². The van der Waals surface area contributed by atoms with Crippen LogP contribution in [-0.4, -0.2) is 4.57 Å². The smallest absolute Gasteiger partial charge is 0.0341 e. The van der Waals surface area contributed by atoms with Gasteiger partial charge in [-0.05, 0) is 44.2 Å². The van der Waals surface area contributed by atoms with Crippen LogP contribution in [0, 0.1) is 19.8 Å². The van der Waals surface area contributed by atoms with E-state index in [0.717, 1.165) is 0 Å². The number of nitrogens with two attached hydrogens (primary N) is 1. The molecule has 0 radical (unpaired) electrons. The molecule has 2 heteroatoms. The molecule has 15 heavy (non-hydrogen) atoms. The van der Waals surface area contributed by atoms with Crippen molar-refractivity contribution in [2.24, 2.45) is 18.7 Å². The minimum absolute atomic E-state index is 0.257. The van der Waals surface area contributed by atoms with Crippen LogP contribution in [0.25, 0.3) is 0 Å². The Bertz CT molecular complexity index is 346. The third kappa shape index (κ3) is 1.83. The molecule has 1 aliphatic rings. The summed E-state index contributed by atoms with van der Waals surface area (Å²) >= 11 is 0. The normalized spacial score (nSPS) is 19.7. The average Bonchev–Trinajstić information content (AvgIpc) is 2.82. The Morgan fingerprint density at radius 3 is 2.40 bits per heavy atom. The second kappa shape index (κ2) is 4.01. The Morgan fingerprint density at radius 1 is 1.33 bits per heavy atom. The van der Waals surface area contributed by atoms with Gasteiger partial charge >= 0.3 is 0 Å². The van der Waals surface area contributed by atoms with Crippen LogP contribution in [0.4, 0.5) is 0 Å². The molecular formula is C13H22N2. The van der Waals surface area contributed by atoms with Crippen LogP contribution in [0.15, 0.2) is 6.07 Å². The Balaban J connectivity index is 2.24. The summed E-state index contributed by atoms with van der Waals surface area (Å²) in [6.07, 6.45) is 5.36. The molecule has 2 N–H and O–H groups in total. The van der Waals surface area contributed by atoms with Gasteiger partial charge in [0.05, 0.1) is 0 Å². The largest absolute Gasteiger partial charge is 0.352 e. The van der Waals surface area contributed by atoms with Crippen molar-refractivity contribution in [3.05, 3.63) is 23.0 Å². The van der Waals surface area contributed by atoms with E-state index in [9.17, 15) is 0 Å². The molecule has 1 unspecified atom stereocenters. The monoisotopic (exact) mass is 206 g/mol. The highest BCUT2D eigenvalue weighted by atomic mass is 15.0. The predicted octanol–water partition coefficient (Wildman–Crippen LogP) is 2.83. The zero-order chi connectivity index (χ0) is 11.0. The summed E-state index contributed by atoms with van der Waals surface area (Å²) in [6.45, 7) is 4.33. The van der Waals surface area contributed by atoms with Crippen LogP contribution in [-0.2, 0) is 7.05 Å². The van der Waals surface area contributed by atoms with Crippen LogP contribution >= 0.6 is 0 Å². The molecule has 84 valence electrons. The van der Waals surface area contributed by atoms with Crippen LogP contribution in [0.2, 0.25) is 0 Å². The number of aryl methyl sites for hydroxylation is 1. The van der Waals surface area contributed by atoms with Gasteiger partial charge < -0.3 is 10.3 Å². The Morgan fingerprint density at radius 2 is 1.93 bits per heavy atom. The molecule has 0 aromatic carbocycles. The van der Waals surface area contributed by atoms with Crippen molar-refractivity contribution in [1.82, 2.24) is 4.57 Å². The van der Waals surface area contributed by atoms with Gasteiger partial charge in [-0.2, -0.15) is 0 Å². The highest BCUT2D eigenvalue weighted by molar-refractivity contribution is 5.29. The first kappa shape index (κ1) is 10.7. The molecule has 2 rings (SSSR count). The molecule has 1 fully saturated rings. The third-order valence-electron chi connectivity index (χ3n) is 4.08. The van der Waals surface area contributed by atoms with Gasteiger partial charge in [0.1, 0.15) is 0 Å². The summed E-state index contributed by atoms with van der Waals surface area (Å²) in [4.78, 5) is 0. The lowest BCUT2D eigenvalue weighted by Gasteiger charge is -2.19. The Kier molecular flexibility index (Phi) is 2.87. The van der Waals surface area contributed by atoms with Crippen LogP contribution in [0.3, 0.4) is 0 Å². The Hall–Kier alpha value is -0.760. The molecule has 1 saturated carbocycles. The molecule has 1 aromatic rings. The summed E-state index contributed by atoms with van der Waals surface area (Å²) in [5.41, 5.74) is 10.4. The molecule has 0 spiro atoms. The number of aromatic nitrogens is 1. The van der Waals surface area contributed by atoms with Gasteiger partial charge in [-0.15, -0.1) is 0 Å². The fraction of sp³-hybridized carbons (Fsp3) is 0.692. The van der Waals surface area contributed by atoms with Gasteiger partial charge in [0.2, 0.25) is 0 Å². The van der Waals surface area contributed by atoms with E-state index in [1.54, 1.807) is 0 Å². The van der Waals surface area contributed by atoms with Crippen molar-refractivity contribution in [1.29, 1.82) is 0 Å². The van der Waals surface area contributed by atoms with Crippen molar-refractivity contribution in [2.75, 3.05) is 0 Å². The standard InChI is InChI=1S/C13H22N2/c1-9-8-12(10(2)15(9)3)13(14)11-6-4-5-7-11/h8,11,13H,4-7,14H2,1-3H3. The zero-order valence-electron chi connectivity index (χ0n) is 10.1. The van der Waals surface area contributed by atoms with Gasteiger partial charge in [0.15, 0.2) is 0 Å². The summed E-state index contributed by atoms with van der Waals surface area (Å²) in [6, 6.07) is 2.52. The quantitative estimate of drug-likeness (QED) is 0.792. The fourth-order valence-corrected chi connectivity index (χ4v) is 2.79. The number of rotatable bonds is 2. The Labute approximate surface area is 92.5 Å². The van der Waals surface area contributed by atoms with Crippen molar-refractivity contribution in [3.8, 4) is 0 Å². The van der Waals surface area contributed by atoms with Gasteiger partial charge in [-0.1, -0.05) is 12.8 Å². The molecular weight excluding hydrogens is 184 g/mol. The van der Waals surface area contributed by atoms with Gasteiger partial charge in [-0.25, -0.2) is 0 Å².